The topological polar surface area (TPSA) is 46.2 Å². The summed E-state index contributed by atoms with van der Waals surface area (Å²) < 4.78 is 25.3. The van der Waals surface area contributed by atoms with E-state index in [1.807, 2.05) is 0 Å². The van der Waals surface area contributed by atoms with Crippen LogP contribution in [-0.2, 0) is 10.0 Å². The van der Waals surface area contributed by atoms with Crippen LogP contribution in [-0.4, -0.2) is 13.9 Å². The van der Waals surface area contributed by atoms with Crippen molar-refractivity contribution in [3.63, 3.8) is 0 Å². The number of benzene rings is 1. The Labute approximate surface area is 93.1 Å². The number of hydrogen-bond acceptors (Lipinski definition) is 2. The van der Waals surface area contributed by atoms with Crippen LogP contribution in [0.2, 0.25) is 5.02 Å². The summed E-state index contributed by atoms with van der Waals surface area (Å²) in [6, 6.07) is 5.86. The number of sulfonamides is 1. The molecule has 14 heavy (non-hydrogen) atoms. The second-order valence-corrected chi connectivity index (χ2v) is 5.50. The minimum atomic E-state index is -3.52. The van der Waals surface area contributed by atoms with E-state index >= 15 is 0 Å². The maximum atomic E-state index is 11.5. The van der Waals surface area contributed by atoms with Gasteiger partial charge >= 0.3 is 0 Å². The van der Waals surface area contributed by atoms with Gasteiger partial charge in [0.25, 0.3) is 0 Å². The first-order valence-electron chi connectivity index (χ1n) is 3.84. The van der Waals surface area contributed by atoms with Crippen molar-refractivity contribution in [1.82, 2.24) is 4.72 Å². The van der Waals surface area contributed by atoms with E-state index in [0.29, 0.717) is 5.02 Å². The normalized spacial score (nSPS) is 13.9. The van der Waals surface area contributed by atoms with Gasteiger partial charge in [0.05, 0.1) is 10.4 Å². The van der Waals surface area contributed by atoms with Crippen LogP contribution < -0.4 is 4.72 Å². The van der Waals surface area contributed by atoms with Crippen molar-refractivity contribution in [3.05, 3.63) is 29.3 Å². The van der Waals surface area contributed by atoms with E-state index in [1.165, 1.54) is 31.2 Å². The van der Waals surface area contributed by atoms with E-state index in [1.54, 1.807) is 0 Å². The summed E-state index contributed by atoms with van der Waals surface area (Å²) in [6.45, 7) is 1.54. The van der Waals surface area contributed by atoms with Crippen molar-refractivity contribution >= 4 is 33.2 Å². The predicted octanol–water partition coefficient (Wildman–Crippen LogP) is 2.20. The molecule has 1 atom stereocenters. The van der Waals surface area contributed by atoms with Crippen molar-refractivity contribution in [2.24, 2.45) is 0 Å². The molecule has 0 spiro atoms. The van der Waals surface area contributed by atoms with Crippen LogP contribution >= 0.6 is 23.2 Å². The van der Waals surface area contributed by atoms with Crippen LogP contribution in [0.3, 0.4) is 0 Å². The van der Waals surface area contributed by atoms with Crippen LogP contribution in [0.4, 0.5) is 0 Å². The molecule has 1 aromatic carbocycles. The molecule has 0 aromatic heterocycles. The molecular formula is C8H9Cl2NO2S. The molecular weight excluding hydrogens is 245 g/mol. The molecule has 0 saturated carbocycles. The van der Waals surface area contributed by atoms with E-state index in [9.17, 15) is 8.42 Å². The highest BCUT2D eigenvalue weighted by Gasteiger charge is 2.15. The smallest absolute Gasteiger partial charge is 0.207 e. The molecule has 0 saturated heterocycles. The fourth-order valence-corrected chi connectivity index (χ4v) is 2.43. The Morgan fingerprint density at radius 3 is 2.21 bits per heavy atom. The molecule has 1 aromatic rings. The molecule has 0 bridgehead atoms. The summed E-state index contributed by atoms with van der Waals surface area (Å²) in [5, 5.41) is 0.489. The Morgan fingerprint density at radius 1 is 1.29 bits per heavy atom. The van der Waals surface area contributed by atoms with Crippen molar-refractivity contribution in [1.29, 1.82) is 0 Å². The first kappa shape index (κ1) is 11.8. The average molecular weight is 254 g/mol. The Kier molecular flexibility index (Phi) is 3.78. The number of nitrogens with one attached hydrogen (secondary N) is 1. The molecule has 0 aliphatic carbocycles. The van der Waals surface area contributed by atoms with Crippen LogP contribution in [0, 0.1) is 0 Å². The molecule has 1 unspecified atom stereocenters. The average Bonchev–Trinajstić information content (AvgIpc) is 2.02. The van der Waals surface area contributed by atoms with E-state index < -0.39 is 15.5 Å². The van der Waals surface area contributed by atoms with Crippen LogP contribution in [0.15, 0.2) is 29.2 Å². The van der Waals surface area contributed by atoms with Gasteiger partial charge in [0, 0.05) is 5.02 Å². The summed E-state index contributed by atoms with van der Waals surface area (Å²) in [4.78, 5) is 0.148. The fraction of sp³-hybridized carbons (Fsp3) is 0.250. The molecule has 0 aliphatic heterocycles. The SMILES string of the molecule is CC(Cl)NS(=O)(=O)c1ccc(Cl)cc1. The van der Waals surface area contributed by atoms with Gasteiger partial charge in [-0.05, 0) is 31.2 Å². The van der Waals surface area contributed by atoms with E-state index in [2.05, 4.69) is 4.72 Å². The van der Waals surface area contributed by atoms with Gasteiger partial charge in [-0.25, -0.2) is 8.42 Å². The van der Waals surface area contributed by atoms with Crippen LogP contribution in [0.1, 0.15) is 6.92 Å². The Morgan fingerprint density at radius 2 is 1.79 bits per heavy atom. The molecule has 6 heteroatoms. The fourth-order valence-electron chi connectivity index (χ4n) is 0.896. The minimum absolute atomic E-state index is 0.148. The zero-order valence-electron chi connectivity index (χ0n) is 7.37. The Bertz CT molecular complexity index is 400. The van der Waals surface area contributed by atoms with Crippen LogP contribution in [0.25, 0.3) is 0 Å². The van der Waals surface area contributed by atoms with Gasteiger partial charge in [0.1, 0.15) is 0 Å². The third-order valence-electron chi connectivity index (χ3n) is 1.44. The predicted molar refractivity (Wildman–Crippen MR) is 57.1 cm³/mol. The lowest BCUT2D eigenvalue weighted by atomic mass is 10.4. The lowest BCUT2D eigenvalue weighted by Crippen LogP contribution is -2.28. The molecule has 1 N–H and O–H groups in total. The highest BCUT2D eigenvalue weighted by molar-refractivity contribution is 7.89. The lowest BCUT2D eigenvalue weighted by molar-refractivity contribution is 0.580. The molecule has 0 amide bonds. The number of halogens is 2. The van der Waals surface area contributed by atoms with E-state index in [4.69, 9.17) is 23.2 Å². The second-order valence-electron chi connectivity index (χ2n) is 2.69. The molecule has 1 rings (SSSR count). The van der Waals surface area contributed by atoms with Crippen molar-refractivity contribution in [2.45, 2.75) is 17.3 Å². The highest BCUT2D eigenvalue weighted by atomic mass is 35.5. The van der Waals surface area contributed by atoms with Crippen molar-refractivity contribution in [2.75, 3.05) is 0 Å². The standard InChI is InChI=1S/C8H9Cl2NO2S/c1-6(9)11-14(12,13)8-4-2-7(10)3-5-8/h2-6,11H,1H3. The molecule has 3 nitrogen and oxygen atoms in total. The lowest BCUT2D eigenvalue weighted by Gasteiger charge is -2.07. The molecule has 0 radical (unpaired) electrons. The van der Waals surface area contributed by atoms with Crippen molar-refractivity contribution in [3.8, 4) is 0 Å². The first-order chi connectivity index (χ1) is 6.42. The number of rotatable bonds is 3. The third kappa shape index (κ3) is 3.13. The summed E-state index contributed by atoms with van der Waals surface area (Å²) in [5.74, 6) is 0. The second kappa shape index (κ2) is 4.49. The maximum Gasteiger partial charge on any atom is 0.241 e. The molecule has 0 fully saturated rings. The molecule has 78 valence electrons. The van der Waals surface area contributed by atoms with Gasteiger partial charge in [0.15, 0.2) is 0 Å². The summed E-state index contributed by atoms with van der Waals surface area (Å²) in [5.41, 5.74) is -0.643. The van der Waals surface area contributed by atoms with Gasteiger partial charge in [-0.15, -0.1) is 11.6 Å². The monoisotopic (exact) mass is 253 g/mol. The van der Waals surface area contributed by atoms with Gasteiger partial charge in [-0.1, -0.05) is 11.6 Å². The van der Waals surface area contributed by atoms with Gasteiger partial charge < -0.3 is 0 Å². The van der Waals surface area contributed by atoms with Crippen LogP contribution in [0.5, 0.6) is 0 Å². The van der Waals surface area contributed by atoms with Gasteiger partial charge in [0.2, 0.25) is 10.0 Å². The third-order valence-corrected chi connectivity index (χ3v) is 3.49. The highest BCUT2D eigenvalue weighted by Crippen LogP contribution is 2.14. The minimum Gasteiger partial charge on any atom is -0.207 e. The summed E-state index contributed by atoms with van der Waals surface area (Å²) in [7, 11) is -3.52. The Hall–Kier alpha value is -0.290. The van der Waals surface area contributed by atoms with Gasteiger partial charge in [-0.2, -0.15) is 4.72 Å². The van der Waals surface area contributed by atoms with Gasteiger partial charge in [-0.3, -0.25) is 0 Å². The zero-order chi connectivity index (χ0) is 10.8. The molecule has 0 aliphatic rings. The Balaban J connectivity index is 2.99. The van der Waals surface area contributed by atoms with E-state index in [0.717, 1.165) is 0 Å². The quantitative estimate of drug-likeness (QED) is 0.664. The summed E-state index contributed by atoms with van der Waals surface area (Å²) >= 11 is 11.2. The maximum absolute atomic E-state index is 11.5. The zero-order valence-corrected chi connectivity index (χ0v) is 9.70. The number of alkyl halides is 1. The number of hydrogen-bond donors (Lipinski definition) is 1. The largest absolute Gasteiger partial charge is 0.241 e. The first-order valence-corrected chi connectivity index (χ1v) is 6.13. The van der Waals surface area contributed by atoms with E-state index in [-0.39, 0.29) is 4.90 Å². The summed E-state index contributed by atoms with van der Waals surface area (Å²) in [6.07, 6.45) is 0. The van der Waals surface area contributed by atoms with Crippen molar-refractivity contribution < 1.29 is 8.42 Å². The molecule has 0 heterocycles.